The molecule has 4 heteroatoms. The average molecular weight is 931 g/mol. The van der Waals surface area contributed by atoms with E-state index in [1.165, 1.54) is 144 Å². The topological polar surface area (TPSA) is 6.48 Å². The molecule has 17 rings (SSSR count). The van der Waals surface area contributed by atoms with Crippen molar-refractivity contribution >= 4 is 67.9 Å². The van der Waals surface area contributed by atoms with Crippen LogP contribution in [0.2, 0.25) is 0 Å². The lowest BCUT2D eigenvalue weighted by molar-refractivity contribution is 0.794. The van der Waals surface area contributed by atoms with E-state index >= 15 is 0 Å². The summed E-state index contributed by atoms with van der Waals surface area (Å²) in [6, 6.07) is 86.1. The van der Waals surface area contributed by atoms with Crippen molar-refractivity contribution in [2.75, 3.05) is 9.80 Å². The molecule has 72 heavy (non-hydrogen) atoms. The van der Waals surface area contributed by atoms with E-state index < -0.39 is 10.8 Å². The normalized spacial score (nSPS) is 15.2. The van der Waals surface area contributed by atoms with Crippen molar-refractivity contribution in [1.29, 1.82) is 0 Å². The highest BCUT2D eigenvalue weighted by atomic mass is 32.1. The van der Waals surface area contributed by atoms with Crippen LogP contribution in [-0.4, -0.2) is 6.71 Å². The number of aryl methyl sites for hydroxylation is 2. The molecule has 0 amide bonds. The maximum atomic E-state index is 2.69. The largest absolute Gasteiger partial charge is 0.311 e. The van der Waals surface area contributed by atoms with Crippen LogP contribution in [-0.2, 0) is 10.8 Å². The maximum Gasteiger partial charge on any atom is 0.264 e. The third-order valence-corrected chi connectivity index (χ3v) is 18.7. The van der Waals surface area contributed by atoms with Crippen LogP contribution in [0.25, 0.3) is 44.5 Å². The summed E-state index contributed by atoms with van der Waals surface area (Å²) in [5, 5.41) is 0. The van der Waals surface area contributed by atoms with E-state index in [4.69, 9.17) is 0 Å². The van der Waals surface area contributed by atoms with Crippen LogP contribution >= 0.6 is 11.3 Å². The average Bonchev–Trinajstić information content (AvgIpc) is 4.20. The van der Waals surface area contributed by atoms with Crippen molar-refractivity contribution in [3.63, 3.8) is 0 Å². The van der Waals surface area contributed by atoms with Crippen LogP contribution < -0.4 is 25.5 Å². The standard InChI is InChI=1S/C68H43BN2S/c1-40-33-34-49-56(35-40)68(54-31-17-11-25-46(54)47-26-12-18-32-55(47)68)65-62(49)64-66(72-65)69-58-39-57-50(48-27-13-16-30-53(48)67(57)51-28-14-9-23-44(51)45-24-10-15-29-52(45)67)38-59(58)70(42-19-5-3-6-20-42)60-36-41(2)37-61(63(60)69)71(64)43-21-7-4-8-22-43/h3-39H,1-2H3. The molecule has 0 fully saturated rings. The highest BCUT2D eigenvalue weighted by Crippen LogP contribution is 2.68. The first kappa shape index (κ1) is 39.3. The second-order valence-corrected chi connectivity index (χ2v) is 21.8. The highest BCUT2D eigenvalue weighted by Gasteiger charge is 2.58. The van der Waals surface area contributed by atoms with E-state index in [-0.39, 0.29) is 6.71 Å². The third kappa shape index (κ3) is 4.52. The van der Waals surface area contributed by atoms with Crippen LogP contribution in [0.4, 0.5) is 34.1 Å². The SMILES string of the molecule is Cc1cc2c3c(c1)N(c1ccccc1)c1c(sc4c1-c1ccc(C)cc1C41c4ccccc4-c4ccccc41)B3c1cc3c(cc1N2c1ccccc1)-c1ccccc1C31c2ccccc2-c2ccccc21. The van der Waals surface area contributed by atoms with Crippen molar-refractivity contribution in [3.05, 3.63) is 279 Å². The zero-order valence-electron chi connectivity index (χ0n) is 39.7. The van der Waals surface area contributed by atoms with Gasteiger partial charge in [0.25, 0.3) is 6.71 Å². The number of anilines is 6. The Hall–Kier alpha value is -8.44. The fourth-order valence-electron chi connectivity index (χ4n) is 14.8. The Bertz CT molecular complexity index is 4130. The number of rotatable bonds is 2. The van der Waals surface area contributed by atoms with Gasteiger partial charge >= 0.3 is 0 Å². The van der Waals surface area contributed by atoms with Gasteiger partial charge in [0.2, 0.25) is 0 Å². The first-order valence-corrected chi connectivity index (χ1v) is 26.2. The number of nitrogens with zero attached hydrogens (tertiary/aromatic N) is 2. The van der Waals surface area contributed by atoms with Gasteiger partial charge in [-0.25, -0.2) is 0 Å². The van der Waals surface area contributed by atoms with Gasteiger partial charge in [-0.1, -0.05) is 188 Å². The number of hydrogen-bond acceptors (Lipinski definition) is 3. The number of para-hydroxylation sites is 2. The summed E-state index contributed by atoms with van der Waals surface area (Å²) in [4.78, 5) is 6.68. The van der Waals surface area contributed by atoms with Crippen LogP contribution in [0, 0.1) is 13.8 Å². The number of hydrogen-bond donors (Lipinski definition) is 0. The lowest BCUT2D eigenvalue weighted by Crippen LogP contribution is -2.60. The van der Waals surface area contributed by atoms with Gasteiger partial charge in [-0.2, -0.15) is 0 Å². The van der Waals surface area contributed by atoms with E-state index in [2.05, 4.69) is 259 Å². The van der Waals surface area contributed by atoms with Crippen LogP contribution in [0.5, 0.6) is 0 Å². The van der Waals surface area contributed by atoms with Gasteiger partial charge in [0, 0.05) is 43.7 Å². The first-order chi connectivity index (χ1) is 35.6. The summed E-state index contributed by atoms with van der Waals surface area (Å²) in [5.41, 5.74) is 31.9. The van der Waals surface area contributed by atoms with Crippen molar-refractivity contribution in [2.45, 2.75) is 24.7 Å². The van der Waals surface area contributed by atoms with E-state index in [9.17, 15) is 0 Å². The maximum absolute atomic E-state index is 2.69. The monoisotopic (exact) mass is 930 g/mol. The summed E-state index contributed by atoms with van der Waals surface area (Å²) < 4.78 is 1.40. The Morgan fingerprint density at radius 3 is 1.38 bits per heavy atom. The Kier molecular flexibility index (Phi) is 7.48. The molecule has 6 aliphatic rings. The van der Waals surface area contributed by atoms with Gasteiger partial charge in [-0.05, 0) is 151 Å². The molecule has 0 N–H and O–H groups in total. The van der Waals surface area contributed by atoms with Gasteiger partial charge in [-0.3, -0.25) is 0 Å². The van der Waals surface area contributed by atoms with Crippen molar-refractivity contribution in [2.24, 2.45) is 0 Å². The third-order valence-electron chi connectivity index (χ3n) is 17.3. The molecule has 0 atom stereocenters. The Morgan fingerprint density at radius 1 is 0.361 bits per heavy atom. The van der Waals surface area contributed by atoms with Crippen molar-refractivity contribution < 1.29 is 0 Å². The van der Waals surface area contributed by atoms with E-state index in [0.717, 1.165) is 5.69 Å². The summed E-state index contributed by atoms with van der Waals surface area (Å²) >= 11 is 2.07. The van der Waals surface area contributed by atoms with E-state index in [0.29, 0.717) is 0 Å². The molecule has 0 radical (unpaired) electrons. The molecule has 0 bridgehead atoms. The molecule has 3 heterocycles. The number of benzene rings is 10. The molecule has 2 spiro atoms. The molecule has 2 nitrogen and oxygen atoms in total. The van der Waals surface area contributed by atoms with Gasteiger partial charge in [0.15, 0.2) is 0 Å². The lowest BCUT2D eigenvalue weighted by Gasteiger charge is -2.44. The van der Waals surface area contributed by atoms with Gasteiger partial charge in [0.1, 0.15) is 0 Å². The highest BCUT2D eigenvalue weighted by molar-refractivity contribution is 7.30. The molecule has 1 aromatic heterocycles. The molecule has 0 saturated carbocycles. The zero-order valence-corrected chi connectivity index (χ0v) is 40.6. The van der Waals surface area contributed by atoms with Crippen molar-refractivity contribution in [3.8, 4) is 44.5 Å². The Balaban J connectivity index is 1.04. The first-order valence-electron chi connectivity index (χ1n) is 25.4. The molecule has 0 unspecified atom stereocenters. The van der Waals surface area contributed by atoms with Gasteiger partial charge in [-0.15, -0.1) is 11.3 Å². The fourth-order valence-corrected chi connectivity index (χ4v) is 16.5. The minimum absolute atomic E-state index is 0.0630. The lowest BCUT2D eigenvalue weighted by atomic mass is 9.35. The molecule has 11 aromatic rings. The van der Waals surface area contributed by atoms with Crippen molar-refractivity contribution in [1.82, 2.24) is 0 Å². The summed E-state index contributed by atoms with van der Waals surface area (Å²) in [7, 11) is 0. The number of fused-ring (bicyclic) bond motifs is 25. The van der Waals surface area contributed by atoms with Crippen LogP contribution in [0.3, 0.4) is 0 Å². The summed E-state index contributed by atoms with van der Waals surface area (Å²) in [6.45, 7) is 4.49. The van der Waals surface area contributed by atoms with E-state index in [1.807, 2.05) is 0 Å². The zero-order chi connectivity index (χ0) is 47.2. The van der Waals surface area contributed by atoms with E-state index in [1.54, 1.807) is 0 Å². The smallest absolute Gasteiger partial charge is 0.264 e. The second-order valence-electron chi connectivity index (χ2n) is 20.7. The predicted octanol–water partition coefficient (Wildman–Crippen LogP) is 15.1. The van der Waals surface area contributed by atoms with Gasteiger partial charge in [0.05, 0.1) is 16.5 Å². The number of thiophene rings is 1. The molecular formula is C68H43BN2S. The second kappa shape index (κ2) is 13.7. The molecule has 334 valence electrons. The minimum Gasteiger partial charge on any atom is -0.311 e. The molecule has 2 aliphatic heterocycles. The molecule has 0 saturated heterocycles. The molecular weight excluding hydrogens is 888 g/mol. The quantitative estimate of drug-likeness (QED) is 0.159. The summed E-state index contributed by atoms with van der Waals surface area (Å²) in [5.74, 6) is 0. The Labute approximate surface area is 423 Å². The van der Waals surface area contributed by atoms with Gasteiger partial charge < -0.3 is 9.80 Å². The molecule has 4 aliphatic carbocycles. The minimum atomic E-state index is -0.481. The fraction of sp³-hybridized carbons (Fsp3) is 0.0588. The van der Waals surface area contributed by atoms with Crippen LogP contribution in [0.15, 0.2) is 224 Å². The molecule has 10 aromatic carbocycles. The Morgan fingerprint density at radius 2 is 0.819 bits per heavy atom. The predicted molar refractivity (Wildman–Crippen MR) is 300 cm³/mol. The van der Waals surface area contributed by atoms with Crippen LogP contribution in [0.1, 0.15) is 54.9 Å². The summed E-state index contributed by atoms with van der Waals surface area (Å²) in [6.07, 6.45) is 0.